The molecule has 32 heavy (non-hydrogen) atoms. The van der Waals surface area contributed by atoms with E-state index in [1.165, 1.54) is 29.2 Å². The number of oxazole rings is 1. The van der Waals surface area contributed by atoms with Crippen LogP contribution in [0.4, 0.5) is 4.39 Å². The smallest absolute Gasteiger partial charge is 0.338 e. The predicted octanol–water partition coefficient (Wildman–Crippen LogP) is 2.79. The second-order valence-electron chi connectivity index (χ2n) is 9.04. The molecule has 0 spiro atoms. The van der Waals surface area contributed by atoms with Crippen LogP contribution in [0.25, 0.3) is 10.8 Å². The molecule has 0 saturated carbocycles. The first-order chi connectivity index (χ1) is 15.2. The van der Waals surface area contributed by atoms with Crippen molar-refractivity contribution >= 4 is 16.7 Å². The maximum absolute atomic E-state index is 14.6. The molecular weight excluding hydrogens is 415 g/mol. The largest absolute Gasteiger partial charge is 0.478 e. The monoisotopic (exact) mass is 442 g/mol. The summed E-state index contributed by atoms with van der Waals surface area (Å²) < 4.78 is 21.2. The maximum Gasteiger partial charge on any atom is 0.338 e. The van der Waals surface area contributed by atoms with Crippen LogP contribution in [0, 0.1) is 5.82 Å². The predicted molar refractivity (Wildman–Crippen MR) is 117 cm³/mol. The number of carbonyl (C=O) groups is 1. The third kappa shape index (κ3) is 4.18. The van der Waals surface area contributed by atoms with Gasteiger partial charge in [-0.3, -0.25) is 14.6 Å². The van der Waals surface area contributed by atoms with Gasteiger partial charge in [0, 0.05) is 43.6 Å². The zero-order valence-corrected chi connectivity index (χ0v) is 18.5. The lowest BCUT2D eigenvalue weighted by Crippen LogP contribution is -2.53. The van der Waals surface area contributed by atoms with Gasteiger partial charge in [-0.25, -0.2) is 14.2 Å². The van der Waals surface area contributed by atoms with Crippen molar-refractivity contribution in [2.24, 2.45) is 0 Å². The van der Waals surface area contributed by atoms with Crippen molar-refractivity contribution in [3.05, 3.63) is 64.0 Å². The summed E-state index contributed by atoms with van der Waals surface area (Å²) in [6, 6.07) is 4.07. The molecule has 1 aliphatic heterocycles. The molecule has 0 atom stereocenters. The zero-order valence-electron chi connectivity index (χ0n) is 18.5. The van der Waals surface area contributed by atoms with E-state index in [2.05, 4.69) is 35.6 Å². The highest BCUT2D eigenvalue weighted by atomic mass is 19.1. The molecule has 1 aliphatic rings. The number of halogens is 1. The Morgan fingerprint density at radius 2 is 1.91 bits per heavy atom. The van der Waals surface area contributed by atoms with E-state index < -0.39 is 17.3 Å². The Balaban J connectivity index is 1.82. The van der Waals surface area contributed by atoms with Gasteiger partial charge >= 0.3 is 5.97 Å². The first-order valence-corrected chi connectivity index (χ1v) is 10.6. The topological polar surface area (TPSA) is 91.8 Å². The summed E-state index contributed by atoms with van der Waals surface area (Å²) in [4.78, 5) is 34.2. The lowest BCUT2D eigenvalue weighted by molar-refractivity contribution is 0.0572. The summed E-state index contributed by atoms with van der Waals surface area (Å²) in [5.41, 5.74) is -0.289. The summed E-state index contributed by atoms with van der Waals surface area (Å²) in [6.07, 6.45) is 2.83. The van der Waals surface area contributed by atoms with Crippen LogP contribution in [0.2, 0.25) is 0 Å². The van der Waals surface area contributed by atoms with Crippen LogP contribution in [-0.4, -0.2) is 62.1 Å². The summed E-state index contributed by atoms with van der Waals surface area (Å²) in [6.45, 7) is 9.78. The molecule has 0 bridgehead atoms. The van der Waals surface area contributed by atoms with E-state index in [-0.39, 0.29) is 40.9 Å². The van der Waals surface area contributed by atoms with E-state index in [1.54, 1.807) is 0 Å². The van der Waals surface area contributed by atoms with Gasteiger partial charge in [-0.2, -0.15) is 0 Å². The van der Waals surface area contributed by atoms with Crippen molar-refractivity contribution < 1.29 is 18.7 Å². The number of fused-ring (bicyclic) bond motifs is 1. The van der Waals surface area contributed by atoms with Gasteiger partial charge in [0.2, 0.25) is 5.89 Å². The highest BCUT2D eigenvalue weighted by Crippen LogP contribution is 2.25. The molecule has 1 aromatic carbocycles. The number of benzene rings is 1. The first kappa shape index (κ1) is 22.2. The average Bonchev–Trinajstić information content (AvgIpc) is 3.23. The Morgan fingerprint density at radius 3 is 2.50 bits per heavy atom. The van der Waals surface area contributed by atoms with E-state index in [9.17, 15) is 19.1 Å². The van der Waals surface area contributed by atoms with Gasteiger partial charge in [-0.15, -0.1) is 0 Å². The highest BCUT2D eigenvalue weighted by Gasteiger charge is 2.29. The van der Waals surface area contributed by atoms with Crippen molar-refractivity contribution in [1.29, 1.82) is 0 Å². The van der Waals surface area contributed by atoms with Crippen molar-refractivity contribution in [3.63, 3.8) is 0 Å². The van der Waals surface area contributed by atoms with Crippen molar-refractivity contribution in [2.45, 2.75) is 39.4 Å². The third-order valence-corrected chi connectivity index (χ3v) is 6.04. The number of aromatic nitrogens is 2. The fraction of sp³-hybridized carbons (Fsp3) is 0.435. The van der Waals surface area contributed by atoms with Gasteiger partial charge in [-0.1, -0.05) is 12.1 Å². The number of pyridine rings is 1. The number of carboxylic acid groups (broad SMARTS) is 1. The number of hydrogen-bond acceptors (Lipinski definition) is 6. The number of nitrogens with zero attached hydrogens (tertiary/aromatic N) is 4. The van der Waals surface area contributed by atoms with Gasteiger partial charge in [0.25, 0.3) is 5.56 Å². The van der Waals surface area contributed by atoms with Crippen LogP contribution in [0.15, 0.2) is 39.9 Å². The molecule has 3 aromatic rings. The van der Waals surface area contributed by atoms with E-state index in [0.29, 0.717) is 5.69 Å². The summed E-state index contributed by atoms with van der Waals surface area (Å²) in [5.74, 6) is -1.70. The third-order valence-electron chi connectivity index (χ3n) is 6.04. The molecule has 2 aromatic heterocycles. The maximum atomic E-state index is 14.6. The van der Waals surface area contributed by atoms with E-state index in [0.717, 1.165) is 32.2 Å². The van der Waals surface area contributed by atoms with E-state index >= 15 is 0 Å². The number of piperazine rings is 1. The minimum atomic E-state index is -1.20. The SMILES string of the molecule is CC(C)(C)N1CCN(Cc2c(C(=O)O)c3cccc(F)c3c(=O)n2Cc2ncco2)CC1. The average molecular weight is 442 g/mol. The lowest BCUT2D eigenvalue weighted by atomic mass is 10.0. The molecule has 0 radical (unpaired) electrons. The molecular formula is C23H27FN4O4. The van der Waals surface area contributed by atoms with Crippen LogP contribution in [-0.2, 0) is 13.1 Å². The molecule has 3 heterocycles. The van der Waals surface area contributed by atoms with Crippen molar-refractivity contribution in [1.82, 2.24) is 19.4 Å². The molecule has 0 aliphatic carbocycles. The fourth-order valence-electron chi connectivity index (χ4n) is 4.32. The van der Waals surface area contributed by atoms with Gasteiger partial charge in [-0.05, 0) is 26.8 Å². The highest BCUT2D eigenvalue weighted by molar-refractivity contribution is 6.04. The summed E-state index contributed by atoms with van der Waals surface area (Å²) in [7, 11) is 0. The Morgan fingerprint density at radius 1 is 1.19 bits per heavy atom. The molecule has 8 nitrogen and oxygen atoms in total. The van der Waals surface area contributed by atoms with Crippen LogP contribution in [0.3, 0.4) is 0 Å². The van der Waals surface area contributed by atoms with Gasteiger partial charge in [0.1, 0.15) is 18.6 Å². The van der Waals surface area contributed by atoms with Gasteiger partial charge in [0.15, 0.2) is 0 Å². The zero-order chi connectivity index (χ0) is 23.0. The van der Waals surface area contributed by atoms with Crippen LogP contribution >= 0.6 is 0 Å². The van der Waals surface area contributed by atoms with Crippen LogP contribution in [0.5, 0.6) is 0 Å². The second-order valence-corrected chi connectivity index (χ2v) is 9.04. The fourth-order valence-corrected chi connectivity index (χ4v) is 4.32. The second kappa shape index (κ2) is 8.48. The Kier molecular flexibility index (Phi) is 5.87. The van der Waals surface area contributed by atoms with Gasteiger partial charge in [0.05, 0.1) is 22.8 Å². The van der Waals surface area contributed by atoms with Crippen LogP contribution in [0.1, 0.15) is 42.7 Å². The number of carboxylic acids is 1. The molecule has 1 fully saturated rings. The Bertz CT molecular complexity index is 1190. The Labute approximate surface area is 184 Å². The minimum absolute atomic E-state index is 0.0475. The normalized spacial score (nSPS) is 16.0. The molecule has 0 unspecified atom stereocenters. The van der Waals surface area contributed by atoms with E-state index in [1.807, 2.05) is 0 Å². The Hall–Kier alpha value is -3.04. The number of hydrogen-bond donors (Lipinski definition) is 1. The minimum Gasteiger partial charge on any atom is -0.478 e. The molecule has 1 N–H and O–H groups in total. The van der Waals surface area contributed by atoms with Crippen LogP contribution < -0.4 is 5.56 Å². The molecule has 9 heteroatoms. The molecule has 4 rings (SSSR count). The number of rotatable bonds is 5. The van der Waals surface area contributed by atoms with Crippen molar-refractivity contribution in [3.8, 4) is 0 Å². The standard InChI is InChI=1S/C23H27FN4O4/c1-23(2,3)27-10-8-26(9-11-27)13-17-20(22(30)31)15-5-4-6-16(24)19(15)21(29)28(17)14-18-25-7-12-32-18/h4-7,12H,8-11,13-14H2,1-3H3,(H,30,31). The summed E-state index contributed by atoms with van der Waals surface area (Å²) in [5, 5.41) is 9.94. The molecule has 1 saturated heterocycles. The summed E-state index contributed by atoms with van der Waals surface area (Å²) >= 11 is 0. The van der Waals surface area contributed by atoms with Gasteiger partial charge < -0.3 is 14.1 Å². The van der Waals surface area contributed by atoms with E-state index in [4.69, 9.17) is 4.42 Å². The molecule has 170 valence electrons. The first-order valence-electron chi connectivity index (χ1n) is 10.6. The molecule has 0 amide bonds. The van der Waals surface area contributed by atoms with Crippen molar-refractivity contribution in [2.75, 3.05) is 26.2 Å². The number of aromatic carboxylic acids is 1. The quantitative estimate of drug-likeness (QED) is 0.650. The lowest BCUT2D eigenvalue weighted by Gasteiger charge is -2.42.